The van der Waals surface area contributed by atoms with Crippen molar-refractivity contribution in [1.29, 1.82) is 0 Å². The van der Waals surface area contributed by atoms with E-state index in [0.29, 0.717) is 19.0 Å². The molecule has 0 unspecified atom stereocenters. The number of hydrogen-bond donors (Lipinski definition) is 1. The minimum Gasteiger partial charge on any atom is -0.469 e. The second kappa shape index (κ2) is 11.4. The molecule has 0 bridgehead atoms. The highest BCUT2D eigenvalue weighted by Gasteiger charge is 2.19. The van der Waals surface area contributed by atoms with Crippen LogP contribution in [0.3, 0.4) is 0 Å². The Morgan fingerprint density at radius 3 is 2.62 bits per heavy atom. The summed E-state index contributed by atoms with van der Waals surface area (Å²) in [6.45, 7) is 4.16. The highest BCUT2D eigenvalue weighted by Crippen LogP contribution is 2.32. The highest BCUT2D eigenvalue weighted by atomic mass is 16.5. The van der Waals surface area contributed by atoms with Crippen LogP contribution in [-0.4, -0.2) is 42.7 Å². The summed E-state index contributed by atoms with van der Waals surface area (Å²) in [7, 11) is 1.32. The second-order valence-corrected chi connectivity index (χ2v) is 7.46. The van der Waals surface area contributed by atoms with Crippen molar-refractivity contribution >= 4 is 23.9 Å². The van der Waals surface area contributed by atoms with Gasteiger partial charge in [-0.3, -0.25) is 9.59 Å². The maximum absolute atomic E-state index is 11.9. The van der Waals surface area contributed by atoms with Gasteiger partial charge in [0.25, 0.3) is 5.91 Å². The van der Waals surface area contributed by atoms with Crippen molar-refractivity contribution in [1.82, 2.24) is 9.88 Å². The van der Waals surface area contributed by atoms with E-state index in [4.69, 9.17) is 4.74 Å². The minimum absolute atomic E-state index is 0.235. The molecule has 7 heteroatoms. The zero-order chi connectivity index (χ0) is 21.2. The number of hydrogen-bond acceptors (Lipinski definition) is 5. The van der Waals surface area contributed by atoms with Gasteiger partial charge in [-0.15, -0.1) is 0 Å². The van der Waals surface area contributed by atoms with E-state index in [1.54, 1.807) is 6.08 Å². The number of amides is 1. The number of carbonyl (C=O) groups excluding carboxylic acids is 3. The number of carbonyl (C=O) groups is 3. The van der Waals surface area contributed by atoms with Crippen LogP contribution in [0.5, 0.6) is 0 Å². The maximum atomic E-state index is 11.9. The average Bonchev–Trinajstić information content (AvgIpc) is 3.01. The molecule has 0 aromatic carbocycles. The van der Waals surface area contributed by atoms with Crippen LogP contribution in [0.2, 0.25) is 0 Å². The summed E-state index contributed by atoms with van der Waals surface area (Å²) in [6, 6.07) is 2.63. The smallest absolute Gasteiger partial charge is 0.331 e. The molecule has 0 aliphatic heterocycles. The summed E-state index contributed by atoms with van der Waals surface area (Å²) in [5.41, 5.74) is 3.35. The molecule has 0 saturated heterocycles. The minimum atomic E-state index is -0.558. The number of aryl methyl sites for hydroxylation is 1. The average molecular weight is 405 g/mol. The van der Waals surface area contributed by atoms with Gasteiger partial charge >= 0.3 is 11.9 Å². The van der Waals surface area contributed by atoms with Crippen LogP contribution in [0, 0.1) is 13.8 Å². The first-order valence-electron chi connectivity index (χ1n) is 10.3. The second-order valence-electron chi connectivity index (χ2n) is 7.46. The van der Waals surface area contributed by atoms with Crippen LogP contribution in [0.25, 0.3) is 6.08 Å². The van der Waals surface area contributed by atoms with Crippen LogP contribution in [0.15, 0.2) is 12.1 Å². The van der Waals surface area contributed by atoms with Crippen molar-refractivity contribution in [3.63, 3.8) is 0 Å². The van der Waals surface area contributed by atoms with E-state index in [9.17, 15) is 14.4 Å². The largest absolute Gasteiger partial charge is 0.469 e. The van der Waals surface area contributed by atoms with Gasteiger partial charge in [-0.2, -0.15) is 0 Å². The van der Waals surface area contributed by atoms with Crippen molar-refractivity contribution in [2.75, 3.05) is 20.3 Å². The summed E-state index contributed by atoms with van der Waals surface area (Å²) in [4.78, 5) is 34.6. The maximum Gasteiger partial charge on any atom is 0.331 e. The molecule has 1 aliphatic rings. The number of methoxy groups -OCH3 is 1. The van der Waals surface area contributed by atoms with Gasteiger partial charge < -0.3 is 19.4 Å². The van der Waals surface area contributed by atoms with Crippen LogP contribution >= 0.6 is 0 Å². The lowest BCUT2D eigenvalue weighted by atomic mass is 9.95. The predicted molar refractivity (Wildman–Crippen MR) is 110 cm³/mol. The first-order valence-corrected chi connectivity index (χ1v) is 10.3. The van der Waals surface area contributed by atoms with E-state index in [0.717, 1.165) is 11.3 Å². The van der Waals surface area contributed by atoms with Gasteiger partial charge in [0.1, 0.15) is 0 Å². The Morgan fingerprint density at radius 2 is 1.93 bits per heavy atom. The normalized spacial score (nSPS) is 14.7. The topological polar surface area (TPSA) is 86.6 Å². The lowest BCUT2D eigenvalue weighted by molar-refractivity contribution is -0.143. The van der Waals surface area contributed by atoms with Gasteiger partial charge in [0.15, 0.2) is 6.61 Å². The van der Waals surface area contributed by atoms with Crippen molar-refractivity contribution in [2.24, 2.45) is 0 Å². The molecule has 0 atom stereocenters. The SMILES string of the molecule is COC(=O)CCCNC(=O)COC(=O)/C=C/c1cc(C)n(C2CCCCC2)c1C. The number of nitrogens with zero attached hydrogens (tertiary/aromatic N) is 1. The molecule has 0 spiro atoms. The first kappa shape index (κ1) is 22.7. The standard InChI is InChI=1S/C22H32N2O5/c1-16-14-18(17(2)24(16)19-8-5-4-6-9-19)11-12-22(27)29-15-20(25)23-13-7-10-21(26)28-3/h11-12,14,19H,4-10,13,15H2,1-3H3,(H,23,25)/b12-11+. The molecule has 1 aromatic rings. The fraction of sp³-hybridized carbons (Fsp3) is 0.591. The number of nitrogens with one attached hydrogen (secondary N) is 1. The molecule has 2 rings (SSSR count). The Hall–Kier alpha value is -2.57. The molecular formula is C22H32N2O5. The molecule has 1 saturated carbocycles. The van der Waals surface area contributed by atoms with E-state index in [1.807, 2.05) is 0 Å². The van der Waals surface area contributed by atoms with Gasteiger partial charge in [0.05, 0.1) is 7.11 Å². The molecule has 1 N–H and O–H groups in total. The monoisotopic (exact) mass is 404 g/mol. The van der Waals surface area contributed by atoms with Gasteiger partial charge in [0.2, 0.25) is 0 Å². The lowest BCUT2D eigenvalue weighted by Crippen LogP contribution is -2.29. The fourth-order valence-corrected chi connectivity index (χ4v) is 3.83. The molecule has 1 amide bonds. The molecule has 7 nitrogen and oxygen atoms in total. The summed E-state index contributed by atoms with van der Waals surface area (Å²) in [5, 5.41) is 2.60. The van der Waals surface area contributed by atoms with E-state index in [1.165, 1.54) is 51.0 Å². The van der Waals surface area contributed by atoms with Crippen molar-refractivity contribution in [2.45, 2.75) is 64.8 Å². The van der Waals surface area contributed by atoms with E-state index in [-0.39, 0.29) is 19.0 Å². The molecule has 160 valence electrons. The van der Waals surface area contributed by atoms with Crippen LogP contribution < -0.4 is 5.32 Å². The quantitative estimate of drug-likeness (QED) is 0.388. The summed E-state index contributed by atoms with van der Waals surface area (Å²) in [6.07, 6.45) is 10.1. The Bertz CT molecular complexity index is 745. The Morgan fingerprint density at radius 1 is 1.21 bits per heavy atom. The van der Waals surface area contributed by atoms with Crippen molar-refractivity contribution in [3.05, 3.63) is 29.1 Å². The number of ether oxygens (including phenoxy) is 2. The van der Waals surface area contributed by atoms with Crippen LogP contribution in [-0.2, 0) is 23.9 Å². The molecule has 1 heterocycles. The molecule has 0 radical (unpaired) electrons. The Labute approximate surface area is 172 Å². The summed E-state index contributed by atoms with van der Waals surface area (Å²) >= 11 is 0. The molecule has 1 fully saturated rings. The number of esters is 2. The Balaban J connectivity index is 1.79. The van der Waals surface area contributed by atoms with E-state index < -0.39 is 11.9 Å². The third-order valence-electron chi connectivity index (χ3n) is 5.32. The van der Waals surface area contributed by atoms with Gasteiger partial charge in [-0.1, -0.05) is 19.3 Å². The third-order valence-corrected chi connectivity index (χ3v) is 5.32. The van der Waals surface area contributed by atoms with E-state index >= 15 is 0 Å². The lowest BCUT2D eigenvalue weighted by Gasteiger charge is -2.26. The molecular weight excluding hydrogens is 372 g/mol. The highest BCUT2D eigenvalue weighted by molar-refractivity contribution is 5.89. The van der Waals surface area contributed by atoms with Crippen LogP contribution in [0.1, 0.15) is 67.9 Å². The van der Waals surface area contributed by atoms with Crippen LogP contribution in [0.4, 0.5) is 0 Å². The summed E-state index contributed by atoms with van der Waals surface area (Å²) in [5.74, 6) is -1.28. The summed E-state index contributed by atoms with van der Waals surface area (Å²) < 4.78 is 11.9. The first-order chi connectivity index (χ1) is 13.9. The molecule has 1 aromatic heterocycles. The predicted octanol–water partition coefficient (Wildman–Crippen LogP) is 3.24. The number of aromatic nitrogens is 1. The van der Waals surface area contributed by atoms with Gasteiger partial charge in [-0.25, -0.2) is 4.79 Å². The third kappa shape index (κ3) is 7.07. The Kier molecular flexibility index (Phi) is 8.96. The van der Waals surface area contributed by atoms with E-state index in [2.05, 4.69) is 34.5 Å². The zero-order valence-electron chi connectivity index (χ0n) is 17.7. The molecule has 29 heavy (non-hydrogen) atoms. The van der Waals surface area contributed by atoms with Gasteiger partial charge in [-0.05, 0) is 50.8 Å². The van der Waals surface area contributed by atoms with Crippen molar-refractivity contribution in [3.8, 4) is 0 Å². The zero-order valence-corrected chi connectivity index (χ0v) is 17.7. The fourth-order valence-electron chi connectivity index (χ4n) is 3.83. The van der Waals surface area contributed by atoms with Crippen molar-refractivity contribution < 1.29 is 23.9 Å². The van der Waals surface area contributed by atoms with Gasteiger partial charge in [0, 0.05) is 36.5 Å². The number of rotatable bonds is 9. The molecule has 1 aliphatic carbocycles.